The summed E-state index contributed by atoms with van der Waals surface area (Å²) in [6, 6.07) is 15.6. The van der Waals surface area contributed by atoms with E-state index in [4.69, 9.17) is 9.78 Å². The second-order valence-electron chi connectivity index (χ2n) is 7.25. The highest BCUT2D eigenvalue weighted by atomic mass is 35.5. The van der Waals surface area contributed by atoms with Crippen molar-refractivity contribution < 1.29 is 9.78 Å². The fourth-order valence-electron chi connectivity index (χ4n) is 3.84. The molecule has 2 aliphatic heterocycles. The number of fused-ring (bicyclic) bond motifs is 2. The topological polar surface area (TPSA) is 24.9 Å². The molecule has 0 saturated heterocycles. The number of benzene rings is 2. The van der Waals surface area contributed by atoms with Crippen molar-refractivity contribution >= 4 is 24.8 Å². The van der Waals surface area contributed by atoms with E-state index >= 15 is 0 Å². The highest BCUT2D eigenvalue weighted by molar-refractivity contribution is 5.85. The molecular formula is C21H28Cl2N2O2. The molecule has 27 heavy (non-hydrogen) atoms. The lowest BCUT2D eigenvalue weighted by Gasteiger charge is -2.37. The Morgan fingerprint density at radius 1 is 1.11 bits per heavy atom. The summed E-state index contributed by atoms with van der Waals surface area (Å²) < 4.78 is 0. The molecule has 2 aromatic rings. The van der Waals surface area contributed by atoms with Gasteiger partial charge in [-0.1, -0.05) is 30.3 Å². The van der Waals surface area contributed by atoms with E-state index in [2.05, 4.69) is 66.4 Å². The molecule has 0 fully saturated rings. The standard InChI is InChI=1S/C21H26N2O2.2ClH/c1-22(10-8-16-6-4-3-5-7-16)14-20-19-12-18-15-24-25-21(18)13-17(19)9-11-23(20)2;;/h3-7,12-13,20H,8-11,14-15H2,1-2H3;2*1H. The van der Waals surface area contributed by atoms with Gasteiger partial charge in [0.15, 0.2) is 5.75 Å². The van der Waals surface area contributed by atoms with E-state index in [0.29, 0.717) is 12.6 Å². The molecule has 148 valence electrons. The molecule has 0 bridgehead atoms. The van der Waals surface area contributed by atoms with Gasteiger partial charge < -0.3 is 9.79 Å². The van der Waals surface area contributed by atoms with Crippen LogP contribution in [0.5, 0.6) is 5.75 Å². The van der Waals surface area contributed by atoms with Crippen molar-refractivity contribution in [3.05, 3.63) is 64.7 Å². The fourth-order valence-corrected chi connectivity index (χ4v) is 3.84. The Hall–Kier alpha value is -1.30. The zero-order chi connectivity index (χ0) is 17.2. The van der Waals surface area contributed by atoms with Crippen LogP contribution >= 0.6 is 24.8 Å². The van der Waals surface area contributed by atoms with Gasteiger partial charge in [-0.3, -0.25) is 4.90 Å². The molecule has 0 aliphatic carbocycles. The lowest BCUT2D eigenvalue weighted by Crippen LogP contribution is -2.39. The Labute approximate surface area is 174 Å². The summed E-state index contributed by atoms with van der Waals surface area (Å²) in [6.45, 7) is 3.75. The van der Waals surface area contributed by atoms with Crippen molar-refractivity contribution in [1.82, 2.24) is 9.80 Å². The van der Waals surface area contributed by atoms with Crippen LogP contribution in [0.3, 0.4) is 0 Å². The summed E-state index contributed by atoms with van der Waals surface area (Å²) in [6.07, 6.45) is 2.17. The normalized spacial score (nSPS) is 18.1. The van der Waals surface area contributed by atoms with Crippen LogP contribution < -0.4 is 4.89 Å². The number of hydrogen-bond donors (Lipinski definition) is 0. The Morgan fingerprint density at radius 3 is 2.67 bits per heavy atom. The van der Waals surface area contributed by atoms with Crippen molar-refractivity contribution in [1.29, 1.82) is 0 Å². The second kappa shape index (κ2) is 9.76. The summed E-state index contributed by atoms with van der Waals surface area (Å²) in [5, 5.41) is 0. The quantitative estimate of drug-likeness (QED) is 0.693. The van der Waals surface area contributed by atoms with E-state index in [9.17, 15) is 0 Å². The molecular weight excluding hydrogens is 383 g/mol. The van der Waals surface area contributed by atoms with Gasteiger partial charge in [0.05, 0.1) is 0 Å². The van der Waals surface area contributed by atoms with Gasteiger partial charge in [0.2, 0.25) is 0 Å². The molecule has 0 spiro atoms. The molecule has 0 radical (unpaired) electrons. The van der Waals surface area contributed by atoms with Crippen molar-refractivity contribution in [2.24, 2.45) is 0 Å². The molecule has 0 aromatic heterocycles. The van der Waals surface area contributed by atoms with E-state index in [-0.39, 0.29) is 24.8 Å². The first-order valence-electron chi connectivity index (χ1n) is 9.08. The van der Waals surface area contributed by atoms with Crippen LogP contribution in [-0.2, 0) is 24.3 Å². The fraction of sp³-hybridized carbons (Fsp3) is 0.429. The lowest BCUT2D eigenvalue weighted by atomic mass is 9.90. The van der Waals surface area contributed by atoms with Crippen LogP contribution in [0, 0.1) is 0 Å². The van der Waals surface area contributed by atoms with Gasteiger partial charge in [-0.2, -0.15) is 4.89 Å². The van der Waals surface area contributed by atoms with Gasteiger partial charge in [-0.05, 0) is 55.8 Å². The maximum absolute atomic E-state index is 5.27. The number of rotatable bonds is 5. The molecule has 4 nitrogen and oxygen atoms in total. The first-order chi connectivity index (χ1) is 12.2. The van der Waals surface area contributed by atoms with Gasteiger partial charge in [0.1, 0.15) is 6.61 Å². The first-order valence-corrected chi connectivity index (χ1v) is 9.08. The van der Waals surface area contributed by atoms with Gasteiger partial charge >= 0.3 is 0 Å². The number of likely N-dealkylation sites (N-methyl/N-ethyl adjacent to an activating group) is 2. The average molecular weight is 411 g/mol. The third-order valence-electron chi connectivity index (χ3n) is 5.42. The summed E-state index contributed by atoms with van der Waals surface area (Å²) in [7, 11) is 4.46. The molecule has 0 amide bonds. The smallest absolute Gasteiger partial charge is 0.171 e. The van der Waals surface area contributed by atoms with Crippen molar-refractivity contribution in [2.45, 2.75) is 25.5 Å². The van der Waals surface area contributed by atoms with E-state index < -0.39 is 0 Å². The number of hydrogen-bond acceptors (Lipinski definition) is 4. The number of nitrogens with zero attached hydrogens (tertiary/aromatic N) is 2. The number of halogens is 2. The van der Waals surface area contributed by atoms with Crippen LogP contribution in [0.2, 0.25) is 0 Å². The van der Waals surface area contributed by atoms with E-state index in [1.807, 2.05) is 0 Å². The van der Waals surface area contributed by atoms with Gasteiger partial charge in [0, 0.05) is 31.2 Å². The molecule has 2 aromatic carbocycles. The molecule has 1 atom stereocenters. The molecule has 0 saturated carbocycles. The highest BCUT2D eigenvalue weighted by Gasteiger charge is 2.28. The Morgan fingerprint density at radius 2 is 1.89 bits per heavy atom. The highest BCUT2D eigenvalue weighted by Crippen LogP contribution is 2.36. The lowest BCUT2D eigenvalue weighted by molar-refractivity contribution is -0.194. The summed E-state index contributed by atoms with van der Waals surface area (Å²) in [5.74, 6) is 0.902. The summed E-state index contributed by atoms with van der Waals surface area (Å²) in [4.78, 5) is 15.3. The Balaban J connectivity index is 0.00000131. The zero-order valence-electron chi connectivity index (χ0n) is 15.9. The predicted molar refractivity (Wildman–Crippen MR) is 113 cm³/mol. The molecule has 2 aliphatic rings. The van der Waals surface area contributed by atoms with Crippen molar-refractivity contribution in [2.75, 3.05) is 33.7 Å². The zero-order valence-corrected chi connectivity index (χ0v) is 17.5. The minimum Gasteiger partial charge on any atom is -0.337 e. The largest absolute Gasteiger partial charge is 0.337 e. The maximum Gasteiger partial charge on any atom is 0.171 e. The van der Waals surface area contributed by atoms with Gasteiger partial charge in [-0.25, -0.2) is 0 Å². The van der Waals surface area contributed by atoms with Crippen LogP contribution in [0.25, 0.3) is 0 Å². The Bertz CT molecular complexity index is 742. The van der Waals surface area contributed by atoms with E-state index in [1.165, 1.54) is 22.3 Å². The minimum atomic E-state index is 0. The van der Waals surface area contributed by atoms with Crippen LogP contribution in [0.1, 0.15) is 28.3 Å². The predicted octanol–water partition coefficient (Wildman–Crippen LogP) is 4.06. The summed E-state index contributed by atoms with van der Waals surface area (Å²) >= 11 is 0. The van der Waals surface area contributed by atoms with Gasteiger partial charge in [0.25, 0.3) is 0 Å². The molecule has 0 N–H and O–H groups in total. The molecule has 4 rings (SSSR count). The van der Waals surface area contributed by atoms with E-state index in [0.717, 1.165) is 38.2 Å². The average Bonchev–Trinajstić information content (AvgIpc) is 3.09. The van der Waals surface area contributed by atoms with Gasteiger partial charge in [-0.15, -0.1) is 24.8 Å². The minimum absolute atomic E-state index is 0. The van der Waals surface area contributed by atoms with Crippen molar-refractivity contribution in [3.8, 4) is 5.75 Å². The summed E-state index contributed by atoms with van der Waals surface area (Å²) in [5.41, 5.74) is 5.42. The SMILES string of the molecule is CN(CCc1ccccc1)CC1c2cc3c(cc2CCN1C)OOC3.Cl.Cl. The van der Waals surface area contributed by atoms with Crippen LogP contribution in [0.15, 0.2) is 42.5 Å². The maximum atomic E-state index is 5.27. The second-order valence-corrected chi connectivity index (χ2v) is 7.25. The van der Waals surface area contributed by atoms with Crippen molar-refractivity contribution in [3.63, 3.8) is 0 Å². The molecule has 2 heterocycles. The van der Waals surface area contributed by atoms with Crippen LogP contribution in [0.4, 0.5) is 0 Å². The van der Waals surface area contributed by atoms with E-state index in [1.54, 1.807) is 0 Å². The Kier molecular flexibility index (Phi) is 7.95. The first kappa shape index (κ1) is 22.0. The third-order valence-corrected chi connectivity index (χ3v) is 5.42. The molecule has 1 unspecified atom stereocenters. The van der Waals surface area contributed by atoms with Crippen LogP contribution in [-0.4, -0.2) is 43.5 Å². The third kappa shape index (κ3) is 4.95. The monoisotopic (exact) mass is 410 g/mol. The molecule has 6 heteroatoms.